The van der Waals surface area contributed by atoms with Crippen molar-refractivity contribution in [3.8, 4) is 0 Å². The number of hydrogen-bond donors (Lipinski definition) is 0. The van der Waals surface area contributed by atoms with E-state index in [2.05, 4.69) is 95.4 Å². The Labute approximate surface area is 176 Å². The summed E-state index contributed by atoms with van der Waals surface area (Å²) in [6.45, 7) is 6.70. The van der Waals surface area contributed by atoms with Crippen LogP contribution < -0.4 is 10.4 Å². The zero-order valence-electron chi connectivity index (χ0n) is 16.5. The molecule has 0 saturated heterocycles. The van der Waals surface area contributed by atoms with Crippen molar-refractivity contribution in [2.75, 3.05) is 0 Å². The quantitative estimate of drug-likeness (QED) is 0.231. The first-order valence-corrected chi connectivity index (χ1v) is 12.3. The monoisotopic (exact) mass is 452 g/mol. The Kier molecular flexibility index (Phi) is 6.47. The number of pyridine rings is 1. The van der Waals surface area contributed by atoms with Crippen molar-refractivity contribution in [3.63, 3.8) is 0 Å². The third-order valence-corrected chi connectivity index (χ3v) is 10.2. The molecule has 0 unspecified atom stereocenters. The van der Waals surface area contributed by atoms with Gasteiger partial charge in [0, 0.05) is 16.6 Å². The van der Waals surface area contributed by atoms with E-state index in [0.717, 1.165) is 16.6 Å². The minimum absolute atomic E-state index is 0.113. The third-order valence-electron chi connectivity index (χ3n) is 4.79. The van der Waals surface area contributed by atoms with Crippen LogP contribution in [-0.4, -0.2) is 19.5 Å². The average Bonchev–Trinajstić information content (AvgIpc) is 2.72. The molecule has 0 bridgehead atoms. The number of alkyl halides is 1. The highest BCUT2D eigenvalue weighted by molar-refractivity contribution is 9.08. The second-order valence-corrected chi connectivity index (χ2v) is 12.5. The van der Waals surface area contributed by atoms with Crippen molar-refractivity contribution >= 4 is 40.8 Å². The van der Waals surface area contributed by atoms with Gasteiger partial charge in [-0.25, -0.2) is 0 Å². The summed E-state index contributed by atoms with van der Waals surface area (Å²) in [4.78, 5) is 4.38. The standard InChI is InChI=1S/C23H25BrN2OSi/c1-23(2,3)28(21-10-6-4-7-11-21,22-12-8-5-9-13-22)27-26-18-20-16-19(17-24)14-15-25-20/h4-16,18H,17H2,1-3H3/b26-18-. The van der Waals surface area contributed by atoms with Crippen LogP contribution >= 0.6 is 15.9 Å². The lowest BCUT2D eigenvalue weighted by molar-refractivity contribution is 0.321. The van der Waals surface area contributed by atoms with E-state index in [-0.39, 0.29) is 5.04 Å². The average molecular weight is 453 g/mol. The Morgan fingerprint density at radius 2 is 1.54 bits per heavy atom. The van der Waals surface area contributed by atoms with Gasteiger partial charge in [0.1, 0.15) is 0 Å². The van der Waals surface area contributed by atoms with Crippen LogP contribution in [0.3, 0.4) is 0 Å². The number of halogens is 1. The normalized spacial score (nSPS) is 12.3. The molecular formula is C23H25BrN2OSi. The van der Waals surface area contributed by atoms with E-state index >= 15 is 0 Å². The van der Waals surface area contributed by atoms with Gasteiger partial charge in [-0.2, -0.15) is 0 Å². The summed E-state index contributed by atoms with van der Waals surface area (Å²) in [5.41, 5.74) is 1.94. The van der Waals surface area contributed by atoms with Crippen LogP contribution in [0.15, 0.2) is 84.1 Å². The van der Waals surface area contributed by atoms with Gasteiger partial charge in [0.25, 0.3) is 0 Å². The molecule has 3 rings (SSSR count). The predicted molar refractivity (Wildman–Crippen MR) is 123 cm³/mol. The molecule has 0 saturated carbocycles. The van der Waals surface area contributed by atoms with Crippen LogP contribution in [0.2, 0.25) is 5.04 Å². The minimum atomic E-state index is -2.66. The van der Waals surface area contributed by atoms with E-state index in [1.54, 1.807) is 12.4 Å². The van der Waals surface area contributed by atoms with E-state index in [1.165, 1.54) is 10.4 Å². The molecule has 0 N–H and O–H groups in total. The smallest absolute Gasteiger partial charge is 0.354 e. The Balaban J connectivity index is 2.07. The van der Waals surface area contributed by atoms with E-state index in [0.29, 0.717) is 0 Å². The summed E-state index contributed by atoms with van der Waals surface area (Å²) in [7, 11) is -2.66. The zero-order chi connectivity index (χ0) is 20.0. The molecule has 0 aliphatic carbocycles. The van der Waals surface area contributed by atoms with E-state index in [9.17, 15) is 0 Å². The van der Waals surface area contributed by atoms with Crippen molar-refractivity contribution in [2.45, 2.75) is 31.1 Å². The fourth-order valence-electron chi connectivity index (χ4n) is 3.43. The maximum atomic E-state index is 6.50. The van der Waals surface area contributed by atoms with Crippen LogP contribution in [0.5, 0.6) is 0 Å². The maximum absolute atomic E-state index is 6.50. The molecule has 1 aromatic heterocycles. The van der Waals surface area contributed by atoms with Crippen LogP contribution in [0.1, 0.15) is 32.0 Å². The second kappa shape index (κ2) is 8.84. The van der Waals surface area contributed by atoms with Crippen LogP contribution in [0.25, 0.3) is 0 Å². The summed E-state index contributed by atoms with van der Waals surface area (Å²) in [6.07, 6.45) is 3.51. The van der Waals surface area contributed by atoms with Gasteiger partial charge in [-0.15, -0.1) is 5.16 Å². The van der Waals surface area contributed by atoms with Gasteiger partial charge in [-0.05, 0) is 28.1 Å². The highest BCUT2D eigenvalue weighted by Crippen LogP contribution is 2.36. The first kappa shape index (κ1) is 20.5. The van der Waals surface area contributed by atoms with Gasteiger partial charge in [0.15, 0.2) is 0 Å². The number of nitrogens with zero attached hydrogens (tertiary/aromatic N) is 2. The number of benzene rings is 2. The van der Waals surface area contributed by atoms with Crippen LogP contribution in [0, 0.1) is 0 Å². The highest BCUT2D eigenvalue weighted by atomic mass is 79.9. The topological polar surface area (TPSA) is 34.5 Å². The zero-order valence-corrected chi connectivity index (χ0v) is 19.1. The van der Waals surface area contributed by atoms with E-state index < -0.39 is 8.32 Å². The molecule has 3 nitrogen and oxygen atoms in total. The number of oxime groups is 1. The van der Waals surface area contributed by atoms with E-state index in [1.807, 2.05) is 24.3 Å². The molecule has 1 heterocycles. The lowest BCUT2D eigenvalue weighted by Gasteiger charge is -2.40. The fraction of sp³-hybridized carbons (Fsp3) is 0.217. The van der Waals surface area contributed by atoms with Gasteiger partial charge in [0.05, 0.1) is 11.9 Å². The van der Waals surface area contributed by atoms with Gasteiger partial charge < -0.3 is 4.53 Å². The first-order valence-electron chi connectivity index (χ1n) is 9.31. The molecule has 0 aliphatic heterocycles. The van der Waals surface area contributed by atoms with Gasteiger partial charge in [-0.1, -0.05) is 97.4 Å². The Hall–Kier alpha value is -2.24. The molecule has 28 heavy (non-hydrogen) atoms. The molecule has 0 atom stereocenters. The van der Waals surface area contributed by atoms with Crippen molar-refractivity contribution in [2.24, 2.45) is 5.16 Å². The van der Waals surface area contributed by atoms with Crippen molar-refractivity contribution in [3.05, 3.63) is 90.3 Å². The molecule has 5 heteroatoms. The molecule has 0 spiro atoms. The lowest BCUT2D eigenvalue weighted by atomic mass is 10.2. The van der Waals surface area contributed by atoms with Crippen molar-refractivity contribution in [1.82, 2.24) is 4.98 Å². The summed E-state index contributed by atoms with van der Waals surface area (Å²) in [5, 5.41) is 7.54. The lowest BCUT2D eigenvalue weighted by Crippen LogP contribution is -2.65. The summed E-state index contributed by atoms with van der Waals surface area (Å²) >= 11 is 3.48. The van der Waals surface area contributed by atoms with Crippen LogP contribution in [-0.2, 0) is 9.86 Å². The molecule has 144 valence electrons. The number of rotatable bonds is 6. The van der Waals surface area contributed by atoms with Crippen molar-refractivity contribution < 1.29 is 4.53 Å². The molecule has 0 fully saturated rings. The number of hydrogen-bond acceptors (Lipinski definition) is 3. The summed E-state index contributed by atoms with van der Waals surface area (Å²) in [6, 6.07) is 25.0. The second-order valence-electron chi connectivity index (χ2n) is 7.71. The SMILES string of the molecule is CC(C)(C)[Si](O/N=C\c1cc(CBr)ccn1)(c1ccccc1)c1ccccc1. The number of aromatic nitrogens is 1. The Bertz CT molecular complexity index is 885. The van der Waals surface area contributed by atoms with Gasteiger partial charge in [0.2, 0.25) is 0 Å². The Morgan fingerprint density at radius 3 is 2.04 bits per heavy atom. The molecule has 0 radical (unpaired) electrons. The van der Waals surface area contributed by atoms with Gasteiger partial charge in [-0.3, -0.25) is 4.98 Å². The first-order chi connectivity index (χ1) is 13.5. The largest absolute Gasteiger partial charge is 0.443 e. The maximum Gasteiger partial charge on any atom is 0.354 e. The van der Waals surface area contributed by atoms with Crippen LogP contribution in [0.4, 0.5) is 0 Å². The summed E-state index contributed by atoms with van der Waals surface area (Å²) < 4.78 is 6.50. The minimum Gasteiger partial charge on any atom is -0.443 e. The van der Waals surface area contributed by atoms with Gasteiger partial charge >= 0.3 is 8.32 Å². The molecule has 3 aromatic rings. The van der Waals surface area contributed by atoms with E-state index in [4.69, 9.17) is 4.53 Å². The molecule has 0 aliphatic rings. The Morgan fingerprint density at radius 1 is 0.964 bits per heavy atom. The fourth-order valence-corrected chi connectivity index (χ4v) is 7.86. The third kappa shape index (κ3) is 4.26. The molecule has 2 aromatic carbocycles. The predicted octanol–water partition coefficient (Wildman–Crippen LogP) is 4.89. The molecule has 0 amide bonds. The highest BCUT2D eigenvalue weighted by Gasteiger charge is 2.53. The van der Waals surface area contributed by atoms with Crippen molar-refractivity contribution in [1.29, 1.82) is 0 Å². The summed E-state index contributed by atoms with van der Waals surface area (Å²) in [5.74, 6) is 0. The molecular weight excluding hydrogens is 428 g/mol.